The number of anilines is 1. The molecule has 2 aromatic heterocycles. The minimum absolute atomic E-state index is 0.321. The molecule has 1 N–H and O–H groups in total. The van der Waals surface area contributed by atoms with Crippen molar-refractivity contribution in [3.05, 3.63) is 54.4 Å². The van der Waals surface area contributed by atoms with E-state index in [-0.39, 0.29) is 6.67 Å². The third-order valence-corrected chi connectivity index (χ3v) is 3.20. The van der Waals surface area contributed by atoms with Crippen LogP contribution in [0, 0.1) is 6.92 Å². The minimum Gasteiger partial charge on any atom is -0.382 e. The SMILES string of the molecule is Cc1cccc(-c2cn3ccc(NCCF)cc3n2)c1. The van der Waals surface area contributed by atoms with Crippen LogP contribution in [-0.4, -0.2) is 22.6 Å². The van der Waals surface area contributed by atoms with E-state index in [1.165, 1.54) is 5.56 Å². The fraction of sp³-hybridized carbons (Fsp3) is 0.188. The van der Waals surface area contributed by atoms with Crippen molar-refractivity contribution in [2.75, 3.05) is 18.5 Å². The molecule has 0 saturated carbocycles. The summed E-state index contributed by atoms with van der Waals surface area (Å²) in [5.74, 6) is 0. The third kappa shape index (κ3) is 2.50. The van der Waals surface area contributed by atoms with Crippen LogP contribution in [0.2, 0.25) is 0 Å². The lowest BCUT2D eigenvalue weighted by molar-refractivity contribution is 0.513. The summed E-state index contributed by atoms with van der Waals surface area (Å²) in [4.78, 5) is 4.62. The average molecular weight is 269 g/mol. The van der Waals surface area contributed by atoms with E-state index >= 15 is 0 Å². The summed E-state index contributed by atoms with van der Waals surface area (Å²) in [6.45, 7) is 2.01. The summed E-state index contributed by atoms with van der Waals surface area (Å²) in [6.07, 6.45) is 3.94. The first-order valence-corrected chi connectivity index (χ1v) is 6.62. The fourth-order valence-electron chi connectivity index (χ4n) is 2.23. The highest BCUT2D eigenvalue weighted by atomic mass is 19.1. The number of rotatable bonds is 4. The van der Waals surface area contributed by atoms with Gasteiger partial charge in [-0.1, -0.05) is 23.8 Å². The van der Waals surface area contributed by atoms with Crippen molar-refractivity contribution < 1.29 is 4.39 Å². The van der Waals surface area contributed by atoms with Crippen LogP contribution in [0.3, 0.4) is 0 Å². The molecule has 3 aromatic rings. The quantitative estimate of drug-likeness (QED) is 0.782. The molecule has 3 rings (SSSR count). The van der Waals surface area contributed by atoms with Crippen molar-refractivity contribution in [2.24, 2.45) is 0 Å². The van der Waals surface area contributed by atoms with Crippen molar-refractivity contribution in [1.82, 2.24) is 9.38 Å². The molecular weight excluding hydrogens is 253 g/mol. The number of nitrogens with zero attached hydrogens (tertiary/aromatic N) is 2. The second-order valence-corrected chi connectivity index (χ2v) is 4.79. The number of aryl methyl sites for hydroxylation is 1. The van der Waals surface area contributed by atoms with Gasteiger partial charge in [0.15, 0.2) is 0 Å². The van der Waals surface area contributed by atoms with E-state index in [2.05, 4.69) is 35.4 Å². The maximum absolute atomic E-state index is 12.2. The van der Waals surface area contributed by atoms with Gasteiger partial charge in [-0.2, -0.15) is 0 Å². The van der Waals surface area contributed by atoms with Crippen LogP contribution < -0.4 is 5.32 Å². The maximum Gasteiger partial charge on any atom is 0.139 e. The monoisotopic (exact) mass is 269 g/mol. The molecule has 0 aliphatic heterocycles. The van der Waals surface area contributed by atoms with Crippen LogP contribution in [-0.2, 0) is 0 Å². The van der Waals surface area contributed by atoms with Gasteiger partial charge < -0.3 is 9.72 Å². The number of pyridine rings is 1. The van der Waals surface area contributed by atoms with E-state index in [9.17, 15) is 4.39 Å². The highest BCUT2D eigenvalue weighted by Crippen LogP contribution is 2.21. The molecule has 2 heterocycles. The van der Waals surface area contributed by atoms with Crippen molar-refractivity contribution in [1.29, 1.82) is 0 Å². The molecule has 3 nitrogen and oxygen atoms in total. The molecule has 0 saturated heterocycles. The summed E-state index contributed by atoms with van der Waals surface area (Å²) in [7, 11) is 0. The van der Waals surface area contributed by atoms with Gasteiger partial charge >= 0.3 is 0 Å². The van der Waals surface area contributed by atoms with Crippen molar-refractivity contribution in [2.45, 2.75) is 6.92 Å². The fourth-order valence-corrected chi connectivity index (χ4v) is 2.23. The van der Waals surface area contributed by atoms with E-state index in [1.807, 2.05) is 35.0 Å². The highest BCUT2D eigenvalue weighted by molar-refractivity contribution is 5.65. The minimum atomic E-state index is -0.381. The average Bonchev–Trinajstić information content (AvgIpc) is 2.88. The third-order valence-electron chi connectivity index (χ3n) is 3.20. The molecule has 0 aliphatic rings. The predicted octanol–water partition coefficient (Wildman–Crippen LogP) is 3.69. The first-order valence-electron chi connectivity index (χ1n) is 6.62. The Balaban J connectivity index is 1.98. The van der Waals surface area contributed by atoms with E-state index in [0.717, 1.165) is 22.6 Å². The normalized spacial score (nSPS) is 10.9. The smallest absolute Gasteiger partial charge is 0.139 e. The number of nitrogens with one attached hydrogen (secondary N) is 1. The molecule has 0 amide bonds. The van der Waals surface area contributed by atoms with E-state index in [0.29, 0.717) is 6.54 Å². The van der Waals surface area contributed by atoms with Gasteiger partial charge in [0.25, 0.3) is 0 Å². The molecule has 1 aromatic carbocycles. The van der Waals surface area contributed by atoms with Crippen LogP contribution in [0.1, 0.15) is 5.56 Å². The van der Waals surface area contributed by atoms with Gasteiger partial charge in [0.05, 0.1) is 5.69 Å². The summed E-state index contributed by atoms with van der Waals surface area (Å²) >= 11 is 0. The van der Waals surface area contributed by atoms with Crippen molar-refractivity contribution in [3.63, 3.8) is 0 Å². The van der Waals surface area contributed by atoms with E-state index in [4.69, 9.17) is 0 Å². The lowest BCUT2D eigenvalue weighted by atomic mass is 10.1. The zero-order chi connectivity index (χ0) is 13.9. The molecule has 102 valence electrons. The van der Waals surface area contributed by atoms with Gasteiger partial charge in [0.1, 0.15) is 12.3 Å². The van der Waals surface area contributed by atoms with Gasteiger partial charge in [-0.25, -0.2) is 9.37 Å². The first kappa shape index (κ1) is 12.7. The zero-order valence-corrected chi connectivity index (χ0v) is 11.3. The van der Waals surface area contributed by atoms with Gasteiger partial charge in [-0.05, 0) is 19.1 Å². The summed E-state index contributed by atoms with van der Waals surface area (Å²) in [5, 5.41) is 3.02. The number of fused-ring (bicyclic) bond motifs is 1. The number of hydrogen-bond donors (Lipinski definition) is 1. The number of hydrogen-bond acceptors (Lipinski definition) is 2. The van der Waals surface area contributed by atoms with Crippen LogP contribution in [0.25, 0.3) is 16.9 Å². The molecule has 20 heavy (non-hydrogen) atoms. The van der Waals surface area contributed by atoms with Crippen molar-refractivity contribution in [3.8, 4) is 11.3 Å². The van der Waals surface area contributed by atoms with Crippen LogP contribution >= 0.6 is 0 Å². The van der Waals surface area contributed by atoms with Crippen LogP contribution in [0.5, 0.6) is 0 Å². The Kier molecular flexibility index (Phi) is 3.37. The Morgan fingerprint density at radius 3 is 2.95 bits per heavy atom. The standard InChI is InChI=1S/C16H16FN3/c1-12-3-2-4-13(9-12)15-11-20-8-5-14(18-7-6-17)10-16(20)19-15/h2-5,8-11,18H,6-7H2,1H3. The molecule has 0 aliphatic carbocycles. The van der Waals surface area contributed by atoms with Gasteiger partial charge in [0, 0.05) is 36.3 Å². The van der Waals surface area contributed by atoms with Crippen LogP contribution in [0.4, 0.5) is 10.1 Å². The highest BCUT2D eigenvalue weighted by Gasteiger charge is 2.05. The summed E-state index contributed by atoms with van der Waals surface area (Å²) in [6, 6.07) is 12.1. The number of halogens is 1. The Labute approximate surface area is 117 Å². The Morgan fingerprint density at radius 2 is 2.15 bits per heavy atom. The first-order chi connectivity index (χ1) is 9.76. The predicted molar refractivity (Wildman–Crippen MR) is 79.8 cm³/mol. The van der Waals surface area contributed by atoms with Crippen molar-refractivity contribution >= 4 is 11.3 Å². The molecule has 0 unspecified atom stereocenters. The Hall–Kier alpha value is -2.36. The van der Waals surface area contributed by atoms with Gasteiger partial charge in [-0.15, -0.1) is 0 Å². The summed E-state index contributed by atoms with van der Waals surface area (Å²) in [5.41, 5.74) is 5.00. The lowest BCUT2D eigenvalue weighted by Crippen LogP contribution is -2.02. The van der Waals surface area contributed by atoms with E-state index in [1.54, 1.807) is 0 Å². The second-order valence-electron chi connectivity index (χ2n) is 4.79. The molecule has 0 fully saturated rings. The maximum atomic E-state index is 12.2. The van der Waals surface area contributed by atoms with Gasteiger partial charge in [-0.3, -0.25) is 0 Å². The molecule has 0 radical (unpaired) electrons. The molecule has 0 atom stereocenters. The molecule has 0 bridgehead atoms. The second kappa shape index (κ2) is 5.33. The number of benzene rings is 1. The Bertz CT molecular complexity index is 733. The summed E-state index contributed by atoms with van der Waals surface area (Å²) < 4.78 is 14.1. The van der Waals surface area contributed by atoms with E-state index < -0.39 is 0 Å². The lowest BCUT2D eigenvalue weighted by Gasteiger charge is -2.03. The number of alkyl halides is 1. The van der Waals surface area contributed by atoms with Crippen LogP contribution in [0.15, 0.2) is 48.8 Å². The molecule has 4 heteroatoms. The molecular formula is C16H16FN3. The number of imidazole rings is 1. The number of aromatic nitrogens is 2. The van der Waals surface area contributed by atoms with Gasteiger partial charge in [0.2, 0.25) is 0 Å². The zero-order valence-electron chi connectivity index (χ0n) is 11.3. The topological polar surface area (TPSA) is 29.3 Å². The Morgan fingerprint density at radius 1 is 1.25 bits per heavy atom. The largest absolute Gasteiger partial charge is 0.382 e. The molecule has 0 spiro atoms.